The highest BCUT2D eigenvalue weighted by molar-refractivity contribution is 7.79. The van der Waals surface area contributed by atoms with Gasteiger partial charge in [0.1, 0.15) is 0 Å². The molecule has 0 fully saturated rings. The Kier molecular flexibility index (Phi) is 6.64. The van der Waals surface area contributed by atoms with Crippen LogP contribution in [0.1, 0.15) is 13.8 Å². The lowest BCUT2D eigenvalue weighted by molar-refractivity contribution is 0.352. The van der Waals surface area contributed by atoms with E-state index < -0.39 is 10.4 Å². The van der Waals surface area contributed by atoms with E-state index in [1.807, 2.05) is 6.08 Å². The average molecular weight is 166 g/mol. The molecule has 0 rings (SSSR count). The van der Waals surface area contributed by atoms with E-state index in [1.165, 1.54) is 0 Å². The molecule has 0 aliphatic heterocycles. The van der Waals surface area contributed by atoms with Crippen LogP contribution < -0.4 is 0 Å². The summed E-state index contributed by atoms with van der Waals surface area (Å²) in [5, 5.41) is 0. The Hall–Kier alpha value is -0.390. The van der Waals surface area contributed by atoms with Crippen molar-refractivity contribution in [3.05, 3.63) is 12.7 Å². The molecule has 0 unspecified atom stereocenters. The minimum atomic E-state index is -5.17. The lowest BCUT2D eigenvalue weighted by Gasteiger charge is -2.06. The Morgan fingerprint density at radius 3 is 1.50 bits per heavy atom. The van der Waals surface area contributed by atoms with Crippen molar-refractivity contribution in [1.29, 1.82) is 0 Å². The van der Waals surface area contributed by atoms with Gasteiger partial charge in [0.15, 0.2) is 0 Å². The zero-order valence-electron chi connectivity index (χ0n) is 5.90. The van der Waals surface area contributed by atoms with E-state index in [9.17, 15) is 0 Å². The minimum Gasteiger partial charge on any atom is -0.759 e. The first-order valence-corrected chi connectivity index (χ1v) is 3.90. The fourth-order valence-electron chi connectivity index (χ4n) is 0. The molecule has 5 heteroatoms. The number of allylic oxidation sites excluding steroid dienone is 1. The second-order valence-electron chi connectivity index (χ2n) is 1.89. The molecule has 0 amide bonds. The Labute approximate surface area is 61.1 Å². The van der Waals surface area contributed by atoms with E-state index in [2.05, 4.69) is 20.4 Å². The molecule has 0 aromatic rings. The summed E-state index contributed by atoms with van der Waals surface area (Å²) < 4.78 is 34.1. The summed E-state index contributed by atoms with van der Waals surface area (Å²) in [7, 11) is -5.17. The van der Waals surface area contributed by atoms with Crippen LogP contribution in [-0.2, 0) is 10.4 Å². The summed E-state index contributed by atoms with van der Waals surface area (Å²) in [5.41, 5.74) is 0. The highest BCUT2D eigenvalue weighted by Gasteiger charge is 1.73. The van der Waals surface area contributed by atoms with Crippen molar-refractivity contribution in [3.8, 4) is 0 Å². The van der Waals surface area contributed by atoms with E-state index in [1.54, 1.807) is 0 Å². The largest absolute Gasteiger partial charge is 0.759 e. The molecular formula is C5H10O4S-2. The minimum absolute atomic E-state index is 0.648. The first kappa shape index (κ1) is 12.3. The van der Waals surface area contributed by atoms with Crippen LogP contribution in [0.2, 0.25) is 0 Å². The van der Waals surface area contributed by atoms with Crippen LogP contribution in [0.25, 0.3) is 0 Å². The van der Waals surface area contributed by atoms with Crippen LogP contribution in [0.5, 0.6) is 0 Å². The zero-order valence-corrected chi connectivity index (χ0v) is 6.72. The quantitative estimate of drug-likeness (QED) is 0.322. The lowest BCUT2D eigenvalue weighted by atomic mass is 10.2. The summed E-state index contributed by atoms with van der Waals surface area (Å²) in [6.45, 7) is 7.77. The smallest absolute Gasteiger partial charge is 0.0311 e. The molecule has 0 aromatic heterocycles. The fourth-order valence-corrected chi connectivity index (χ4v) is 0. The molecular weight excluding hydrogens is 156 g/mol. The lowest BCUT2D eigenvalue weighted by Crippen LogP contribution is -1.91. The molecule has 0 aromatic carbocycles. The number of hydrogen-bond donors (Lipinski definition) is 0. The van der Waals surface area contributed by atoms with Crippen molar-refractivity contribution in [2.24, 2.45) is 5.92 Å². The molecule has 0 spiro atoms. The van der Waals surface area contributed by atoms with Gasteiger partial charge in [0, 0.05) is 10.4 Å². The predicted octanol–water partition coefficient (Wildman–Crippen LogP) is 0.490. The Balaban J connectivity index is 0. The summed E-state index contributed by atoms with van der Waals surface area (Å²) in [6.07, 6.45) is 1.92. The van der Waals surface area contributed by atoms with Gasteiger partial charge in [0.25, 0.3) is 0 Å². The third-order valence-electron chi connectivity index (χ3n) is 0.471. The van der Waals surface area contributed by atoms with Crippen LogP contribution in [0.4, 0.5) is 0 Å². The van der Waals surface area contributed by atoms with E-state index in [4.69, 9.17) is 17.5 Å². The van der Waals surface area contributed by atoms with Gasteiger partial charge < -0.3 is 9.11 Å². The molecule has 0 radical (unpaired) electrons. The van der Waals surface area contributed by atoms with Crippen molar-refractivity contribution < 1.29 is 17.5 Å². The first-order chi connectivity index (χ1) is 4.27. The van der Waals surface area contributed by atoms with Crippen molar-refractivity contribution in [2.45, 2.75) is 13.8 Å². The van der Waals surface area contributed by atoms with E-state index >= 15 is 0 Å². The maximum absolute atomic E-state index is 8.52. The third kappa shape index (κ3) is 128. The van der Waals surface area contributed by atoms with Gasteiger partial charge in [-0.15, -0.1) is 6.58 Å². The van der Waals surface area contributed by atoms with E-state index in [-0.39, 0.29) is 0 Å². The van der Waals surface area contributed by atoms with Gasteiger partial charge in [-0.25, -0.2) is 0 Å². The summed E-state index contributed by atoms with van der Waals surface area (Å²) in [5.74, 6) is 0.648. The highest BCUT2D eigenvalue weighted by atomic mass is 32.3. The average Bonchev–Trinajstić information content (AvgIpc) is 1.61. The SMILES string of the molecule is C=CC(C)C.O=S(=O)([O-])[O-]. The van der Waals surface area contributed by atoms with Gasteiger partial charge >= 0.3 is 0 Å². The molecule has 0 atom stereocenters. The molecule has 0 saturated heterocycles. The third-order valence-corrected chi connectivity index (χ3v) is 0.471. The van der Waals surface area contributed by atoms with Gasteiger partial charge in [-0.2, -0.15) is 0 Å². The number of hydrogen-bond acceptors (Lipinski definition) is 4. The van der Waals surface area contributed by atoms with Gasteiger partial charge in [-0.1, -0.05) is 19.9 Å². The monoisotopic (exact) mass is 166 g/mol. The van der Waals surface area contributed by atoms with Crippen molar-refractivity contribution >= 4 is 10.4 Å². The van der Waals surface area contributed by atoms with Gasteiger partial charge in [0.2, 0.25) is 0 Å². The maximum atomic E-state index is 8.52. The topological polar surface area (TPSA) is 80.3 Å². The molecule has 0 N–H and O–H groups in total. The Morgan fingerprint density at radius 2 is 1.50 bits per heavy atom. The van der Waals surface area contributed by atoms with Crippen LogP contribution >= 0.6 is 0 Å². The standard InChI is InChI=1S/C5H10.H2O4S/c1-4-5(2)3;1-5(2,3)4/h4-5H,1H2,2-3H3;(H2,1,2,3,4)/p-2. The van der Waals surface area contributed by atoms with E-state index in [0.717, 1.165) is 0 Å². The molecule has 0 bridgehead atoms. The van der Waals surface area contributed by atoms with Crippen molar-refractivity contribution in [2.75, 3.05) is 0 Å². The Bertz CT molecular complexity index is 160. The molecule has 0 aliphatic rings. The molecule has 10 heavy (non-hydrogen) atoms. The van der Waals surface area contributed by atoms with Crippen molar-refractivity contribution in [1.82, 2.24) is 0 Å². The number of rotatable bonds is 1. The normalized spacial score (nSPS) is 10.1. The second-order valence-corrected chi connectivity index (χ2v) is 2.70. The highest BCUT2D eigenvalue weighted by Crippen LogP contribution is 1.87. The zero-order chi connectivity index (χ0) is 8.78. The molecule has 0 saturated carbocycles. The second kappa shape index (κ2) is 5.40. The molecule has 0 heterocycles. The molecule has 62 valence electrons. The first-order valence-electron chi connectivity index (χ1n) is 2.56. The Morgan fingerprint density at radius 1 is 1.40 bits per heavy atom. The van der Waals surface area contributed by atoms with Gasteiger partial charge in [-0.05, 0) is 5.92 Å². The maximum Gasteiger partial charge on any atom is 0.0311 e. The fraction of sp³-hybridized carbons (Fsp3) is 0.600. The van der Waals surface area contributed by atoms with Gasteiger partial charge in [0.05, 0.1) is 0 Å². The van der Waals surface area contributed by atoms with Crippen LogP contribution in [0.15, 0.2) is 12.7 Å². The summed E-state index contributed by atoms with van der Waals surface area (Å²) >= 11 is 0. The summed E-state index contributed by atoms with van der Waals surface area (Å²) in [6, 6.07) is 0. The van der Waals surface area contributed by atoms with Gasteiger partial charge in [-0.3, -0.25) is 8.42 Å². The molecule has 4 nitrogen and oxygen atoms in total. The van der Waals surface area contributed by atoms with Crippen LogP contribution in [0.3, 0.4) is 0 Å². The summed E-state index contributed by atoms with van der Waals surface area (Å²) in [4.78, 5) is 0. The van der Waals surface area contributed by atoms with Crippen molar-refractivity contribution in [3.63, 3.8) is 0 Å². The van der Waals surface area contributed by atoms with Crippen LogP contribution in [-0.4, -0.2) is 17.5 Å². The van der Waals surface area contributed by atoms with Crippen LogP contribution in [0, 0.1) is 5.92 Å². The van der Waals surface area contributed by atoms with E-state index in [0.29, 0.717) is 5.92 Å². The predicted molar refractivity (Wildman–Crippen MR) is 35.5 cm³/mol. The molecule has 0 aliphatic carbocycles.